The summed E-state index contributed by atoms with van der Waals surface area (Å²) in [5.74, 6) is 0. The Hall–Kier alpha value is -0.0800. The van der Waals surface area contributed by atoms with Gasteiger partial charge >= 0.3 is 0 Å². The lowest BCUT2D eigenvalue weighted by Gasteiger charge is -2.46. The van der Waals surface area contributed by atoms with Crippen molar-refractivity contribution in [3.8, 4) is 0 Å². The van der Waals surface area contributed by atoms with Crippen LogP contribution in [-0.2, 0) is 4.74 Å². The number of hydrogen-bond acceptors (Lipinski definition) is 2. The van der Waals surface area contributed by atoms with Gasteiger partial charge < -0.3 is 10.1 Å². The molecule has 1 aliphatic carbocycles. The standard InChI is InChI=1S/C17H33NO/c1-15(2)10-14(11-16(3,4)12-15)18-13-17(5)6-8-19-9-7-17/h14,18H,6-13H2,1-5H3. The maximum absolute atomic E-state index is 5.50. The van der Waals surface area contributed by atoms with E-state index in [0.29, 0.717) is 22.3 Å². The van der Waals surface area contributed by atoms with Gasteiger partial charge in [0.15, 0.2) is 0 Å². The molecule has 0 spiro atoms. The molecule has 2 heteroatoms. The first kappa shape index (κ1) is 15.3. The molecule has 1 saturated heterocycles. The monoisotopic (exact) mass is 267 g/mol. The van der Waals surface area contributed by atoms with Gasteiger partial charge in [0.1, 0.15) is 0 Å². The van der Waals surface area contributed by atoms with Crippen molar-refractivity contribution in [1.29, 1.82) is 0 Å². The second-order valence-corrected chi connectivity index (χ2v) is 8.91. The van der Waals surface area contributed by atoms with Gasteiger partial charge in [0.05, 0.1) is 0 Å². The molecule has 112 valence electrons. The van der Waals surface area contributed by atoms with Gasteiger partial charge in [-0.05, 0) is 48.3 Å². The molecule has 0 atom stereocenters. The number of ether oxygens (including phenoxy) is 1. The SMILES string of the molecule is CC1(C)CC(NCC2(C)CCOCC2)CC(C)(C)C1. The minimum Gasteiger partial charge on any atom is -0.381 e. The highest BCUT2D eigenvalue weighted by Gasteiger charge is 2.39. The van der Waals surface area contributed by atoms with Gasteiger partial charge in [0.25, 0.3) is 0 Å². The van der Waals surface area contributed by atoms with Crippen molar-refractivity contribution < 1.29 is 4.74 Å². The highest BCUT2D eigenvalue weighted by Crippen LogP contribution is 2.45. The summed E-state index contributed by atoms with van der Waals surface area (Å²) in [5, 5.41) is 3.89. The predicted molar refractivity (Wildman–Crippen MR) is 81.4 cm³/mol. The van der Waals surface area contributed by atoms with Crippen molar-refractivity contribution >= 4 is 0 Å². The van der Waals surface area contributed by atoms with Crippen molar-refractivity contribution in [2.75, 3.05) is 19.8 Å². The summed E-state index contributed by atoms with van der Waals surface area (Å²) in [7, 11) is 0. The lowest BCUT2D eigenvalue weighted by Crippen LogP contribution is -2.47. The zero-order valence-electron chi connectivity index (χ0n) is 13.6. The second-order valence-electron chi connectivity index (χ2n) is 8.91. The molecule has 2 rings (SSSR count). The van der Waals surface area contributed by atoms with Crippen LogP contribution in [0.3, 0.4) is 0 Å². The molecular weight excluding hydrogens is 234 g/mol. The maximum atomic E-state index is 5.50. The fraction of sp³-hybridized carbons (Fsp3) is 1.00. The number of nitrogens with one attached hydrogen (secondary N) is 1. The first-order valence-corrected chi connectivity index (χ1v) is 8.01. The molecule has 0 unspecified atom stereocenters. The van der Waals surface area contributed by atoms with Gasteiger partial charge in [0, 0.05) is 25.8 Å². The fourth-order valence-corrected chi connectivity index (χ4v) is 4.42. The third kappa shape index (κ3) is 4.46. The smallest absolute Gasteiger partial charge is 0.0471 e. The fourth-order valence-electron chi connectivity index (χ4n) is 4.42. The van der Waals surface area contributed by atoms with Crippen molar-refractivity contribution in [3.63, 3.8) is 0 Å². The van der Waals surface area contributed by atoms with Gasteiger partial charge in [-0.1, -0.05) is 34.6 Å². The molecule has 2 aliphatic rings. The van der Waals surface area contributed by atoms with E-state index in [4.69, 9.17) is 4.74 Å². The van der Waals surface area contributed by atoms with E-state index in [1.54, 1.807) is 0 Å². The molecule has 2 fully saturated rings. The summed E-state index contributed by atoms with van der Waals surface area (Å²) in [6.07, 6.45) is 6.41. The van der Waals surface area contributed by atoms with Crippen LogP contribution in [0.25, 0.3) is 0 Å². The first-order valence-electron chi connectivity index (χ1n) is 8.01. The van der Waals surface area contributed by atoms with E-state index < -0.39 is 0 Å². The molecule has 1 heterocycles. The Kier molecular flexibility index (Phi) is 4.32. The maximum Gasteiger partial charge on any atom is 0.0471 e. The van der Waals surface area contributed by atoms with Crippen LogP contribution in [-0.4, -0.2) is 25.8 Å². The minimum atomic E-state index is 0.448. The summed E-state index contributed by atoms with van der Waals surface area (Å²) in [5.41, 5.74) is 1.41. The Labute approximate surface area is 119 Å². The summed E-state index contributed by atoms with van der Waals surface area (Å²) < 4.78 is 5.50. The van der Waals surface area contributed by atoms with Crippen molar-refractivity contribution in [3.05, 3.63) is 0 Å². The number of hydrogen-bond donors (Lipinski definition) is 1. The van der Waals surface area contributed by atoms with Crippen LogP contribution in [0.15, 0.2) is 0 Å². The molecule has 19 heavy (non-hydrogen) atoms. The molecule has 0 aromatic rings. The lowest BCUT2D eigenvalue weighted by molar-refractivity contribution is 0.0170. The van der Waals surface area contributed by atoms with Crippen LogP contribution in [0.2, 0.25) is 0 Å². The summed E-state index contributed by atoms with van der Waals surface area (Å²) in [6, 6.07) is 0.693. The Bertz CT molecular complexity index is 286. The van der Waals surface area contributed by atoms with Gasteiger partial charge in [0.2, 0.25) is 0 Å². The van der Waals surface area contributed by atoms with E-state index in [2.05, 4.69) is 39.9 Å². The molecule has 0 radical (unpaired) electrons. The van der Waals surface area contributed by atoms with Gasteiger partial charge in [-0.15, -0.1) is 0 Å². The molecule has 2 nitrogen and oxygen atoms in total. The van der Waals surface area contributed by atoms with Crippen LogP contribution in [0, 0.1) is 16.2 Å². The van der Waals surface area contributed by atoms with Crippen LogP contribution in [0.4, 0.5) is 0 Å². The molecule has 1 saturated carbocycles. The molecule has 0 aromatic heterocycles. The zero-order chi connectivity index (χ0) is 14.1. The van der Waals surface area contributed by atoms with Gasteiger partial charge in [-0.3, -0.25) is 0 Å². The predicted octanol–water partition coefficient (Wildman–Crippen LogP) is 4.00. The van der Waals surface area contributed by atoms with E-state index in [0.717, 1.165) is 19.8 Å². The van der Waals surface area contributed by atoms with Crippen LogP contribution in [0.1, 0.15) is 66.7 Å². The first-order chi connectivity index (χ1) is 8.70. The quantitative estimate of drug-likeness (QED) is 0.834. The lowest BCUT2D eigenvalue weighted by atomic mass is 9.63. The average Bonchev–Trinajstić information content (AvgIpc) is 2.23. The Balaban J connectivity index is 1.88. The van der Waals surface area contributed by atoms with Crippen LogP contribution >= 0.6 is 0 Å². The van der Waals surface area contributed by atoms with E-state index in [1.807, 2.05) is 0 Å². The molecule has 1 aliphatic heterocycles. The minimum absolute atomic E-state index is 0.448. The largest absolute Gasteiger partial charge is 0.381 e. The molecule has 0 aromatic carbocycles. The number of rotatable bonds is 3. The Morgan fingerprint density at radius 1 is 0.947 bits per heavy atom. The van der Waals surface area contributed by atoms with E-state index in [9.17, 15) is 0 Å². The van der Waals surface area contributed by atoms with E-state index in [1.165, 1.54) is 32.1 Å². The van der Waals surface area contributed by atoms with Crippen molar-refractivity contribution in [2.45, 2.75) is 72.8 Å². The molecule has 0 amide bonds. The van der Waals surface area contributed by atoms with Crippen LogP contribution in [0.5, 0.6) is 0 Å². The summed E-state index contributed by atoms with van der Waals surface area (Å²) in [6.45, 7) is 15.2. The van der Waals surface area contributed by atoms with E-state index in [-0.39, 0.29) is 0 Å². The Morgan fingerprint density at radius 2 is 1.47 bits per heavy atom. The van der Waals surface area contributed by atoms with Crippen molar-refractivity contribution in [2.24, 2.45) is 16.2 Å². The highest BCUT2D eigenvalue weighted by atomic mass is 16.5. The third-order valence-corrected chi connectivity index (χ3v) is 5.07. The Morgan fingerprint density at radius 3 is 2.00 bits per heavy atom. The summed E-state index contributed by atoms with van der Waals surface area (Å²) in [4.78, 5) is 0. The van der Waals surface area contributed by atoms with Gasteiger partial charge in [-0.2, -0.15) is 0 Å². The second kappa shape index (κ2) is 5.37. The topological polar surface area (TPSA) is 21.3 Å². The zero-order valence-corrected chi connectivity index (χ0v) is 13.6. The van der Waals surface area contributed by atoms with Gasteiger partial charge in [-0.25, -0.2) is 0 Å². The van der Waals surface area contributed by atoms with Crippen LogP contribution < -0.4 is 5.32 Å². The van der Waals surface area contributed by atoms with Crippen molar-refractivity contribution in [1.82, 2.24) is 5.32 Å². The molecular formula is C17H33NO. The molecule has 1 N–H and O–H groups in total. The average molecular weight is 267 g/mol. The molecule has 0 bridgehead atoms. The summed E-state index contributed by atoms with van der Waals surface area (Å²) >= 11 is 0. The third-order valence-electron chi connectivity index (χ3n) is 5.07. The highest BCUT2D eigenvalue weighted by molar-refractivity contribution is 4.93. The normalized spacial score (nSPS) is 30.2. The van der Waals surface area contributed by atoms with E-state index >= 15 is 0 Å².